The number of hydrogen-bond donors (Lipinski definition) is 2. The van der Waals surface area contributed by atoms with Gasteiger partial charge in [0.2, 0.25) is 5.91 Å². The Bertz CT molecular complexity index is 936. The summed E-state index contributed by atoms with van der Waals surface area (Å²) >= 11 is 4.66. The molecule has 1 aliphatic heterocycles. The average molecular weight is 420 g/mol. The molecule has 0 bridgehead atoms. The minimum atomic E-state index is -0.445. The number of ether oxygens (including phenoxy) is 1. The van der Waals surface area contributed by atoms with Crippen LogP contribution in [-0.4, -0.2) is 28.7 Å². The van der Waals surface area contributed by atoms with E-state index in [9.17, 15) is 9.59 Å². The van der Waals surface area contributed by atoms with Gasteiger partial charge >= 0.3 is 0 Å². The van der Waals surface area contributed by atoms with Crippen molar-refractivity contribution >= 4 is 39.4 Å². The smallest absolute Gasteiger partial charge is 0.257 e. The number of nitrogens with zero attached hydrogens (tertiary/aromatic N) is 1. The number of carbonyl (C=O) groups excluding carboxylic acids is 1. The monoisotopic (exact) mass is 419 g/mol. The number of fused-ring (bicyclic) bond motifs is 1. The quantitative estimate of drug-likeness (QED) is 0.452. The van der Waals surface area contributed by atoms with Crippen LogP contribution in [0.25, 0.3) is 0 Å². The second-order valence-corrected chi connectivity index (χ2v) is 7.20. The topological polar surface area (TPSA) is 84.1 Å². The maximum atomic E-state index is 12.7. The largest absolute Gasteiger partial charge is 0.496 e. The third kappa shape index (κ3) is 3.57. The van der Waals surface area contributed by atoms with Gasteiger partial charge < -0.3 is 15.0 Å². The maximum Gasteiger partial charge on any atom is 0.257 e. The zero-order chi connectivity index (χ0) is 18.0. The van der Waals surface area contributed by atoms with Crippen LogP contribution in [0.4, 0.5) is 5.82 Å². The zero-order valence-electron chi connectivity index (χ0n) is 13.3. The first kappa shape index (κ1) is 17.6. The number of anilines is 1. The van der Waals surface area contributed by atoms with Gasteiger partial charge in [-0.15, -0.1) is 6.42 Å². The van der Waals surface area contributed by atoms with Crippen LogP contribution in [-0.2, 0) is 4.79 Å². The fourth-order valence-corrected chi connectivity index (χ4v) is 3.69. The van der Waals surface area contributed by atoms with E-state index in [1.165, 1.54) is 11.8 Å². The summed E-state index contributed by atoms with van der Waals surface area (Å²) in [4.78, 5) is 31.9. The molecule has 1 aliphatic rings. The Morgan fingerprint density at radius 2 is 2.28 bits per heavy atom. The molecule has 0 saturated carbocycles. The van der Waals surface area contributed by atoms with Gasteiger partial charge in [-0.2, -0.15) is 0 Å². The normalized spacial score (nSPS) is 15.9. The second kappa shape index (κ2) is 7.33. The molecule has 1 aromatic heterocycles. The van der Waals surface area contributed by atoms with Crippen molar-refractivity contribution in [2.75, 3.05) is 18.2 Å². The minimum absolute atomic E-state index is 0.140. The molecule has 0 saturated heterocycles. The van der Waals surface area contributed by atoms with Gasteiger partial charge in [-0.25, -0.2) is 4.98 Å². The molecule has 0 aliphatic carbocycles. The van der Waals surface area contributed by atoms with Gasteiger partial charge in [0.25, 0.3) is 5.56 Å². The molecule has 0 radical (unpaired) electrons. The fourth-order valence-electron chi connectivity index (χ4n) is 2.77. The van der Waals surface area contributed by atoms with Crippen molar-refractivity contribution in [2.24, 2.45) is 0 Å². The van der Waals surface area contributed by atoms with Gasteiger partial charge in [-0.1, -0.05) is 33.6 Å². The third-order valence-electron chi connectivity index (χ3n) is 3.79. The summed E-state index contributed by atoms with van der Waals surface area (Å²) < 4.78 is 6.24. The van der Waals surface area contributed by atoms with E-state index < -0.39 is 5.92 Å². The van der Waals surface area contributed by atoms with Gasteiger partial charge in [0.05, 0.1) is 18.4 Å². The van der Waals surface area contributed by atoms with Gasteiger partial charge in [0.15, 0.2) is 5.16 Å². The van der Waals surface area contributed by atoms with E-state index in [1.54, 1.807) is 13.2 Å². The molecule has 3 rings (SSSR count). The van der Waals surface area contributed by atoms with E-state index in [2.05, 4.69) is 37.1 Å². The van der Waals surface area contributed by atoms with Crippen molar-refractivity contribution in [3.05, 3.63) is 44.2 Å². The van der Waals surface area contributed by atoms with Crippen molar-refractivity contribution in [3.63, 3.8) is 0 Å². The molecule has 0 fully saturated rings. The number of terminal acetylenes is 1. The Morgan fingerprint density at radius 3 is 3.00 bits per heavy atom. The summed E-state index contributed by atoms with van der Waals surface area (Å²) in [6.07, 6.45) is 5.38. The van der Waals surface area contributed by atoms with E-state index in [0.717, 1.165) is 10.0 Å². The Morgan fingerprint density at radius 1 is 1.48 bits per heavy atom. The molecule has 2 heterocycles. The lowest BCUT2D eigenvalue weighted by atomic mass is 9.86. The molecule has 1 atom stereocenters. The highest BCUT2D eigenvalue weighted by Crippen LogP contribution is 2.39. The van der Waals surface area contributed by atoms with Crippen LogP contribution in [0.1, 0.15) is 23.5 Å². The van der Waals surface area contributed by atoms with Crippen LogP contribution >= 0.6 is 27.7 Å². The van der Waals surface area contributed by atoms with Crippen LogP contribution < -0.4 is 15.6 Å². The van der Waals surface area contributed by atoms with E-state index in [0.29, 0.717) is 22.2 Å². The number of halogens is 1. The summed E-state index contributed by atoms with van der Waals surface area (Å²) in [6, 6.07) is 5.49. The number of nitrogens with one attached hydrogen (secondary N) is 2. The average Bonchev–Trinajstić information content (AvgIpc) is 2.58. The van der Waals surface area contributed by atoms with Crippen LogP contribution in [0, 0.1) is 12.3 Å². The van der Waals surface area contributed by atoms with Crippen molar-refractivity contribution in [1.82, 2.24) is 9.97 Å². The fraction of sp³-hybridized carbons (Fsp3) is 0.235. The maximum absolute atomic E-state index is 12.7. The first-order valence-electron chi connectivity index (χ1n) is 7.37. The number of H-pyrrole nitrogens is 1. The van der Waals surface area contributed by atoms with Crippen LogP contribution in [0.3, 0.4) is 0 Å². The summed E-state index contributed by atoms with van der Waals surface area (Å²) in [5.74, 6) is 3.08. The molecule has 1 aromatic carbocycles. The van der Waals surface area contributed by atoms with E-state index in [1.807, 2.05) is 12.1 Å². The van der Waals surface area contributed by atoms with Crippen molar-refractivity contribution < 1.29 is 9.53 Å². The summed E-state index contributed by atoms with van der Waals surface area (Å²) in [7, 11) is 1.55. The Balaban J connectivity index is 2.14. The number of methoxy groups -OCH3 is 1. The predicted molar refractivity (Wildman–Crippen MR) is 100 cm³/mol. The standard InChI is InChI=1S/C17H14BrN3O3S/c1-3-6-25-17-20-15-14(16(23)21-17)11(8-13(22)19-15)10-7-9(18)4-5-12(10)24-2/h1,4-5,7,11H,6,8H2,2H3,(H2,19,20,21,22,23). The molecule has 8 heteroatoms. The van der Waals surface area contributed by atoms with Crippen molar-refractivity contribution in [1.29, 1.82) is 0 Å². The highest BCUT2D eigenvalue weighted by molar-refractivity contribution is 9.10. The summed E-state index contributed by atoms with van der Waals surface area (Å²) in [5, 5.41) is 3.06. The lowest BCUT2D eigenvalue weighted by molar-refractivity contribution is -0.116. The molecule has 2 aromatic rings. The SMILES string of the molecule is C#CCSc1nc2c(c(=O)[nH]1)C(c1cc(Br)ccc1OC)CC(=O)N2. The number of aromatic amines is 1. The number of aromatic nitrogens is 2. The Hall–Kier alpha value is -2.24. The molecule has 1 unspecified atom stereocenters. The highest BCUT2D eigenvalue weighted by Gasteiger charge is 2.32. The van der Waals surface area contributed by atoms with Crippen molar-refractivity contribution in [3.8, 4) is 18.1 Å². The summed E-state index contributed by atoms with van der Waals surface area (Å²) in [5.41, 5.74) is 0.877. The molecule has 1 amide bonds. The molecule has 128 valence electrons. The predicted octanol–water partition coefficient (Wildman–Crippen LogP) is 2.74. The van der Waals surface area contributed by atoms with Crippen LogP contribution in [0.2, 0.25) is 0 Å². The Kier molecular flexibility index (Phi) is 5.16. The third-order valence-corrected chi connectivity index (χ3v) is 5.06. The Labute approximate surface area is 156 Å². The molecular weight excluding hydrogens is 406 g/mol. The number of thioether (sulfide) groups is 1. The number of carbonyl (C=O) groups is 1. The number of benzene rings is 1. The molecular formula is C17H14BrN3O3S. The highest BCUT2D eigenvalue weighted by atomic mass is 79.9. The number of hydrogen-bond acceptors (Lipinski definition) is 5. The van der Waals surface area contributed by atoms with E-state index in [-0.39, 0.29) is 23.7 Å². The molecule has 6 nitrogen and oxygen atoms in total. The molecule has 25 heavy (non-hydrogen) atoms. The van der Waals surface area contributed by atoms with E-state index >= 15 is 0 Å². The number of amides is 1. The lowest BCUT2D eigenvalue weighted by Crippen LogP contribution is -2.31. The summed E-state index contributed by atoms with van der Waals surface area (Å²) in [6.45, 7) is 0. The van der Waals surface area contributed by atoms with Gasteiger partial charge in [0.1, 0.15) is 11.6 Å². The zero-order valence-corrected chi connectivity index (χ0v) is 15.7. The van der Waals surface area contributed by atoms with Crippen molar-refractivity contribution in [2.45, 2.75) is 17.5 Å². The first-order chi connectivity index (χ1) is 12.0. The molecule has 0 spiro atoms. The van der Waals surface area contributed by atoms with Gasteiger partial charge in [0, 0.05) is 22.4 Å². The molecule has 2 N–H and O–H groups in total. The second-order valence-electron chi connectivity index (χ2n) is 5.32. The van der Waals surface area contributed by atoms with Crippen LogP contribution in [0.15, 0.2) is 32.6 Å². The first-order valence-corrected chi connectivity index (χ1v) is 9.15. The lowest BCUT2D eigenvalue weighted by Gasteiger charge is -2.25. The number of rotatable bonds is 4. The van der Waals surface area contributed by atoms with Gasteiger partial charge in [-0.3, -0.25) is 9.59 Å². The van der Waals surface area contributed by atoms with E-state index in [4.69, 9.17) is 11.2 Å². The van der Waals surface area contributed by atoms with Crippen LogP contribution in [0.5, 0.6) is 5.75 Å². The van der Waals surface area contributed by atoms with Gasteiger partial charge in [-0.05, 0) is 18.2 Å². The minimum Gasteiger partial charge on any atom is -0.496 e.